The van der Waals surface area contributed by atoms with E-state index in [0.29, 0.717) is 11.3 Å². The Morgan fingerprint density at radius 3 is 2.45 bits per heavy atom. The summed E-state index contributed by atoms with van der Waals surface area (Å²) in [4.78, 5) is 26.8. The Morgan fingerprint density at radius 1 is 1.10 bits per heavy atom. The van der Waals surface area contributed by atoms with E-state index in [0.717, 1.165) is 38.2 Å². The molecule has 7 heteroatoms. The fourth-order valence-electron chi connectivity index (χ4n) is 3.67. The zero-order valence-corrected chi connectivity index (χ0v) is 18.5. The Morgan fingerprint density at radius 2 is 1.81 bits per heavy atom. The fraction of sp³-hybridized carbons (Fsp3) is 0.417. The van der Waals surface area contributed by atoms with Gasteiger partial charge in [-0.15, -0.1) is 0 Å². The molecule has 0 saturated carbocycles. The minimum Gasteiger partial charge on any atom is -0.497 e. The maximum Gasteiger partial charge on any atom is 0.319 e. The number of benzene rings is 2. The molecule has 166 valence electrons. The fourth-order valence-corrected chi connectivity index (χ4v) is 3.67. The molecule has 3 amide bonds. The van der Waals surface area contributed by atoms with Crippen molar-refractivity contribution in [1.82, 2.24) is 15.5 Å². The van der Waals surface area contributed by atoms with E-state index in [1.54, 1.807) is 31.4 Å². The topological polar surface area (TPSA) is 82.7 Å². The Kier molecular flexibility index (Phi) is 7.89. The largest absolute Gasteiger partial charge is 0.497 e. The van der Waals surface area contributed by atoms with E-state index < -0.39 is 0 Å². The maximum atomic E-state index is 12.6. The molecule has 0 spiro atoms. The lowest BCUT2D eigenvalue weighted by atomic mass is 10.0. The molecule has 1 saturated heterocycles. The summed E-state index contributed by atoms with van der Waals surface area (Å²) in [5, 5.41) is 8.66. The lowest BCUT2D eigenvalue weighted by Crippen LogP contribution is -2.44. The van der Waals surface area contributed by atoms with E-state index >= 15 is 0 Å². The number of nitrogens with one attached hydrogen (secondary N) is 3. The van der Waals surface area contributed by atoms with E-state index in [4.69, 9.17) is 4.74 Å². The van der Waals surface area contributed by atoms with Crippen LogP contribution in [0.5, 0.6) is 5.75 Å². The van der Waals surface area contributed by atoms with Gasteiger partial charge < -0.3 is 20.7 Å². The third-order valence-corrected chi connectivity index (χ3v) is 5.29. The number of carbonyl (C=O) groups is 2. The molecule has 3 rings (SSSR count). The summed E-state index contributed by atoms with van der Waals surface area (Å²) in [6.07, 6.45) is 1.84. The molecule has 1 fully saturated rings. The molecule has 0 aromatic heterocycles. The molecule has 1 aliphatic heterocycles. The molecular formula is C24H32N4O3. The Balaban J connectivity index is 1.44. The molecule has 0 atom stereocenters. The third-order valence-electron chi connectivity index (χ3n) is 5.29. The molecule has 1 aliphatic rings. The lowest BCUT2D eigenvalue weighted by molar-refractivity contribution is 0.0909. The van der Waals surface area contributed by atoms with E-state index in [-0.39, 0.29) is 24.0 Å². The predicted molar refractivity (Wildman–Crippen MR) is 122 cm³/mol. The first-order chi connectivity index (χ1) is 14.9. The number of likely N-dealkylation sites (tertiary alicyclic amines) is 1. The average Bonchev–Trinajstić information content (AvgIpc) is 2.75. The molecule has 0 radical (unpaired) electrons. The molecule has 2 aromatic carbocycles. The van der Waals surface area contributed by atoms with Crippen LogP contribution in [0, 0.1) is 0 Å². The van der Waals surface area contributed by atoms with E-state index in [1.807, 2.05) is 26.0 Å². The SMILES string of the molecule is COc1cccc(CN2CCC(NC(=O)c3ccc(NC(=O)NC(C)C)cc3)CC2)c1. The van der Waals surface area contributed by atoms with Crippen molar-refractivity contribution in [3.05, 3.63) is 59.7 Å². The van der Waals surface area contributed by atoms with Crippen molar-refractivity contribution in [3.63, 3.8) is 0 Å². The first-order valence-electron chi connectivity index (χ1n) is 10.8. The zero-order valence-electron chi connectivity index (χ0n) is 18.5. The number of ether oxygens (including phenoxy) is 1. The van der Waals surface area contributed by atoms with Gasteiger partial charge in [0.05, 0.1) is 7.11 Å². The number of carbonyl (C=O) groups excluding carboxylic acids is 2. The summed E-state index contributed by atoms with van der Waals surface area (Å²) in [7, 11) is 1.68. The van der Waals surface area contributed by atoms with Gasteiger partial charge in [-0.05, 0) is 68.7 Å². The minimum absolute atomic E-state index is 0.0620. The Labute approximate surface area is 184 Å². The van der Waals surface area contributed by atoms with Gasteiger partial charge in [-0.2, -0.15) is 0 Å². The zero-order chi connectivity index (χ0) is 22.2. The number of rotatable bonds is 7. The van der Waals surface area contributed by atoms with Crippen molar-refractivity contribution >= 4 is 17.6 Å². The van der Waals surface area contributed by atoms with Crippen LogP contribution in [-0.4, -0.2) is 49.1 Å². The first kappa shape index (κ1) is 22.6. The van der Waals surface area contributed by atoms with Crippen molar-refractivity contribution in [2.45, 2.75) is 45.3 Å². The summed E-state index contributed by atoms with van der Waals surface area (Å²) in [5.41, 5.74) is 2.48. The van der Waals surface area contributed by atoms with Gasteiger partial charge in [0, 0.05) is 43.0 Å². The number of urea groups is 1. The second-order valence-electron chi connectivity index (χ2n) is 8.21. The van der Waals surface area contributed by atoms with E-state index in [1.165, 1.54) is 5.56 Å². The van der Waals surface area contributed by atoms with Crippen molar-refractivity contribution in [2.75, 3.05) is 25.5 Å². The summed E-state index contributed by atoms with van der Waals surface area (Å²) < 4.78 is 5.30. The summed E-state index contributed by atoms with van der Waals surface area (Å²) in [5.74, 6) is 0.797. The second-order valence-corrected chi connectivity index (χ2v) is 8.21. The van der Waals surface area contributed by atoms with Gasteiger partial charge in [-0.3, -0.25) is 9.69 Å². The van der Waals surface area contributed by atoms with E-state index in [9.17, 15) is 9.59 Å². The average molecular weight is 425 g/mol. The predicted octanol–water partition coefficient (Wildman–Crippen LogP) is 3.62. The van der Waals surface area contributed by atoms with Gasteiger partial charge >= 0.3 is 6.03 Å². The van der Waals surface area contributed by atoms with Crippen molar-refractivity contribution < 1.29 is 14.3 Å². The monoisotopic (exact) mass is 424 g/mol. The number of hydrogen-bond donors (Lipinski definition) is 3. The van der Waals surface area contributed by atoms with Gasteiger partial charge in [0.25, 0.3) is 5.91 Å². The van der Waals surface area contributed by atoms with Crippen molar-refractivity contribution in [1.29, 1.82) is 0 Å². The van der Waals surface area contributed by atoms with Crippen LogP contribution in [0.25, 0.3) is 0 Å². The molecule has 0 bridgehead atoms. The van der Waals surface area contributed by atoms with Crippen LogP contribution in [0.2, 0.25) is 0 Å². The molecule has 0 aliphatic carbocycles. The van der Waals surface area contributed by atoms with Crippen LogP contribution in [0.4, 0.5) is 10.5 Å². The standard InChI is InChI=1S/C24H32N4O3/c1-17(2)25-24(30)27-20-9-7-19(8-10-20)23(29)26-21-11-13-28(14-12-21)16-18-5-4-6-22(15-18)31-3/h4-10,15,17,21H,11-14,16H2,1-3H3,(H,26,29)(H2,25,27,30). The highest BCUT2D eigenvalue weighted by Gasteiger charge is 2.21. The number of nitrogens with zero attached hydrogens (tertiary/aromatic N) is 1. The summed E-state index contributed by atoms with van der Waals surface area (Å²) in [6, 6.07) is 15.1. The highest BCUT2D eigenvalue weighted by Crippen LogP contribution is 2.18. The number of amides is 3. The van der Waals surface area contributed by atoms with Gasteiger partial charge in [-0.25, -0.2) is 4.79 Å². The quantitative estimate of drug-likeness (QED) is 0.634. The van der Waals surface area contributed by atoms with Crippen LogP contribution >= 0.6 is 0 Å². The molecule has 0 unspecified atom stereocenters. The highest BCUT2D eigenvalue weighted by atomic mass is 16.5. The normalized spacial score (nSPS) is 14.8. The maximum absolute atomic E-state index is 12.6. The number of piperidine rings is 1. The molecule has 2 aromatic rings. The van der Waals surface area contributed by atoms with E-state index in [2.05, 4.69) is 33.0 Å². The molecular weight excluding hydrogens is 392 g/mol. The van der Waals surface area contributed by atoms with Gasteiger partial charge in [0.1, 0.15) is 5.75 Å². The summed E-state index contributed by atoms with van der Waals surface area (Å²) >= 11 is 0. The highest BCUT2D eigenvalue weighted by molar-refractivity contribution is 5.95. The van der Waals surface area contributed by atoms with Crippen LogP contribution < -0.4 is 20.7 Å². The molecule has 1 heterocycles. The Hall–Kier alpha value is -3.06. The number of methoxy groups -OCH3 is 1. The number of anilines is 1. The molecule has 3 N–H and O–H groups in total. The lowest BCUT2D eigenvalue weighted by Gasteiger charge is -2.32. The third kappa shape index (κ3) is 7.00. The Bertz CT molecular complexity index is 875. The van der Waals surface area contributed by atoms with Gasteiger partial charge in [-0.1, -0.05) is 12.1 Å². The minimum atomic E-state index is -0.257. The molecule has 7 nitrogen and oxygen atoms in total. The van der Waals surface area contributed by atoms with Crippen molar-refractivity contribution in [3.8, 4) is 5.75 Å². The first-order valence-corrected chi connectivity index (χ1v) is 10.8. The van der Waals surface area contributed by atoms with Crippen LogP contribution in [0.3, 0.4) is 0 Å². The van der Waals surface area contributed by atoms with Crippen molar-refractivity contribution in [2.24, 2.45) is 0 Å². The second kappa shape index (κ2) is 10.8. The van der Waals surface area contributed by atoms with Gasteiger partial charge in [0.2, 0.25) is 0 Å². The number of hydrogen-bond acceptors (Lipinski definition) is 4. The van der Waals surface area contributed by atoms with Crippen LogP contribution in [0.15, 0.2) is 48.5 Å². The molecule has 31 heavy (non-hydrogen) atoms. The van der Waals surface area contributed by atoms with Crippen LogP contribution in [0.1, 0.15) is 42.6 Å². The smallest absolute Gasteiger partial charge is 0.319 e. The summed E-state index contributed by atoms with van der Waals surface area (Å²) in [6.45, 7) is 6.56. The van der Waals surface area contributed by atoms with Gasteiger partial charge in [0.15, 0.2) is 0 Å². The van der Waals surface area contributed by atoms with Crippen LogP contribution in [-0.2, 0) is 6.54 Å².